The molecule has 1 spiro atoms. The Labute approximate surface area is 220 Å². The van der Waals surface area contributed by atoms with Crippen molar-refractivity contribution in [2.45, 2.75) is 58.3 Å². The molecule has 1 aromatic heterocycles. The molecule has 0 bridgehead atoms. The number of aromatic nitrogens is 2. The first-order valence-corrected chi connectivity index (χ1v) is 12.6. The lowest BCUT2D eigenvalue weighted by atomic mass is 9.73. The van der Waals surface area contributed by atoms with E-state index < -0.39 is 11.7 Å². The first-order valence-electron chi connectivity index (χ1n) is 11.8. The predicted molar refractivity (Wildman–Crippen MR) is 139 cm³/mol. The van der Waals surface area contributed by atoms with Crippen molar-refractivity contribution in [1.82, 2.24) is 15.3 Å². The van der Waals surface area contributed by atoms with Gasteiger partial charge in [0.2, 0.25) is 5.95 Å². The van der Waals surface area contributed by atoms with Gasteiger partial charge in [-0.15, -0.1) is 0 Å². The molecule has 192 valence electrons. The highest BCUT2D eigenvalue weighted by Crippen LogP contribution is 2.43. The standard InChI is InChI=1S/C25H30Cl2N6O3/c1-14-20(31-23(34)36-24(2,3)4)25(13-35-14)8-10-33(11-9-25)22-30-17(12-28)18(21(29)32-22)15-6-5-7-16(26)19(15)27/h5-7,14,20H,8-11,13H2,1-4H3,(H,31,34)(H2,29,30,32)/t14-,20+/m0/s1. The molecule has 2 fully saturated rings. The molecule has 0 unspecified atom stereocenters. The minimum Gasteiger partial charge on any atom is -0.444 e. The lowest BCUT2D eigenvalue weighted by Gasteiger charge is -2.42. The fourth-order valence-electron chi connectivity index (χ4n) is 4.94. The number of rotatable bonds is 3. The summed E-state index contributed by atoms with van der Waals surface area (Å²) in [5, 5.41) is 13.5. The van der Waals surface area contributed by atoms with Crippen LogP contribution in [-0.2, 0) is 9.47 Å². The van der Waals surface area contributed by atoms with Gasteiger partial charge in [-0.3, -0.25) is 0 Å². The SMILES string of the molecule is C[C@@H]1OCC2(CCN(c3nc(N)c(-c4cccc(Cl)c4Cl)c(C#N)n3)CC2)[C@@H]1NC(=O)OC(C)(C)C. The number of anilines is 2. The van der Waals surface area contributed by atoms with E-state index in [4.69, 9.17) is 38.4 Å². The molecule has 2 aliphatic rings. The van der Waals surface area contributed by atoms with Crippen LogP contribution in [0.25, 0.3) is 11.1 Å². The Kier molecular flexibility index (Phi) is 7.24. The van der Waals surface area contributed by atoms with E-state index in [0.717, 1.165) is 12.8 Å². The van der Waals surface area contributed by atoms with Crippen molar-refractivity contribution >= 4 is 41.1 Å². The van der Waals surface area contributed by atoms with Crippen LogP contribution in [0.3, 0.4) is 0 Å². The van der Waals surface area contributed by atoms with Crippen LogP contribution in [-0.4, -0.2) is 53.5 Å². The van der Waals surface area contributed by atoms with E-state index in [1.807, 2.05) is 32.6 Å². The third-order valence-electron chi connectivity index (χ3n) is 6.73. The van der Waals surface area contributed by atoms with Crippen molar-refractivity contribution in [3.8, 4) is 17.2 Å². The summed E-state index contributed by atoms with van der Waals surface area (Å²) >= 11 is 12.5. The highest BCUT2D eigenvalue weighted by molar-refractivity contribution is 6.43. The molecule has 2 aliphatic heterocycles. The number of nitrogens with one attached hydrogen (secondary N) is 1. The second-order valence-electron chi connectivity index (χ2n) is 10.3. The average Bonchev–Trinajstić information content (AvgIpc) is 3.09. The zero-order valence-electron chi connectivity index (χ0n) is 20.8. The second kappa shape index (κ2) is 9.92. The minimum absolute atomic E-state index is 0.129. The summed E-state index contributed by atoms with van der Waals surface area (Å²) in [5.74, 6) is 0.535. The van der Waals surface area contributed by atoms with Crippen LogP contribution in [0.15, 0.2) is 18.2 Å². The van der Waals surface area contributed by atoms with Gasteiger partial charge in [0, 0.05) is 24.1 Å². The Bertz CT molecular complexity index is 1200. The molecular formula is C25H30Cl2N6O3. The number of nitrogens with zero attached hydrogens (tertiary/aromatic N) is 4. The molecule has 36 heavy (non-hydrogen) atoms. The van der Waals surface area contributed by atoms with E-state index in [1.165, 1.54) is 0 Å². The molecule has 4 rings (SSSR count). The number of amides is 1. The quantitative estimate of drug-likeness (QED) is 0.576. The number of nitriles is 1. The summed E-state index contributed by atoms with van der Waals surface area (Å²) in [6.07, 6.45) is 0.898. The number of piperidine rings is 1. The van der Waals surface area contributed by atoms with Crippen LogP contribution in [0.4, 0.5) is 16.6 Å². The summed E-state index contributed by atoms with van der Waals surface area (Å²) in [7, 11) is 0. The van der Waals surface area contributed by atoms with E-state index in [2.05, 4.69) is 21.4 Å². The molecule has 3 heterocycles. The molecule has 1 aromatic carbocycles. The van der Waals surface area contributed by atoms with Gasteiger partial charge in [-0.25, -0.2) is 9.78 Å². The summed E-state index contributed by atoms with van der Waals surface area (Å²) < 4.78 is 11.4. The molecule has 0 saturated carbocycles. The molecule has 2 aromatic rings. The van der Waals surface area contributed by atoms with Gasteiger partial charge < -0.3 is 25.4 Å². The Hall–Kier alpha value is -2.80. The number of nitrogen functional groups attached to an aromatic ring is 1. The van der Waals surface area contributed by atoms with Crippen molar-refractivity contribution in [3.05, 3.63) is 33.9 Å². The smallest absolute Gasteiger partial charge is 0.407 e. The van der Waals surface area contributed by atoms with Crippen LogP contribution >= 0.6 is 23.2 Å². The highest BCUT2D eigenvalue weighted by Gasteiger charge is 2.50. The monoisotopic (exact) mass is 532 g/mol. The van der Waals surface area contributed by atoms with Gasteiger partial charge in [-0.2, -0.15) is 10.2 Å². The van der Waals surface area contributed by atoms with Crippen molar-refractivity contribution < 1.29 is 14.3 Å². The molecule has 0 radical (unpaired) electrons. The number of ether oxygens (including phenoxy) is 2. The topological polar surface area (TPSA) is 126 Å². The zero-order chi connectivity index (χ0) is 26.3. The predicted octanol–water partition coefficient (Wildman–Crippen LogP) is 4.80. The maximum Gasteiger partial charge on any atom is 0.407 e. The molecule has 11 heteroatoms. The fourth-order valence-corrected chi connectivity index (χ4v) is 5.34. The summed E-state index contributed by atoms with van der Waals surface area (Å²) in [5.41, 5.74) is 6.49. The van der Waals surface area contributed by atoms with E-state index >= 15 is 0 Å². The number of hydrogen-bond donors (Lipinski definition) is 2. The second-order valence-corrected chi connectivity index (χ2v) is 11.1. The number of hydrogen-bond acceptors (Lipinski definition) is 8. The largest absolute Gasteiger partial charge is 0.444 e. The zero-order valence-corrected chi connectivity index (χ0v) is 22.3. The first kappa shape index (κ1) is 26.3. The van der Waals surface area contributed by atoms with Gasteiger partial charge in [0.1, 0.15) is 17.5 Å². The molecular weight excluding hydrogens is 503 g/mol. The maximum absolute atomic E-state index is 12.5. The molecule has 9 nitrogen and oxygen atoms in total. The van der Waals surface area contributed by atoms with Crippen LogP contribution in [0, 0.1) is 16.7 Å². The molecule has 3 N–H and O–H groups in total. The van der Waals surface area contributed by atoms with Gasteiger partial charge >= 0.3 is 6.09 Å². The average molecular weight is 533 g/mol. The van der Waals surface area contributed by atoms with Crippen molar-refractivity contribution in [1.29, 1.82) is 5.26 Å². The summed E-state index contributed by atoms with van der Waals surface area (Å²) in [6.45, 7) is 9.24. The molecule has 0 aliphatic carbocycles. The lowest BCUT2D eigenvalue weighted by molar-refractivity contribution is 0.0434. The Balaban J connectivity index is 1.54. The minimum atomic E-state index is -0.583. The van der Waals surface area contributed by atoms with Crippen molar-refractivity contribution in [2.75, 3.05) is 30.3 Å². The fraction of sp³-hybridized carbons (Fsp3) is 0.520. The van der Waals surface area contributed by atoms with E-state index in [1.54, 1.807) is 18.2 Å². The third-order valence-corrected chi connectivity index (χ3v) is 7.55. The molecule has 1 amide bonds. The molecule has 2 saturated heterocycles. The number of alkyl carbamates (subject to hydrolysis) is 1. The number of nitrogens with two attached hydrogens (primary N) is 1. The number of benzene rings is 1. The first-order chi connectivity index (χ1) is 16.9. The Morgan fingerprint density at radius 1 is 1.31 bits per heavy atom. The Morgan fingerprint density at radius 3 is 2.64 bits per heavy atom. The number of halogens is 2. The van der Waals surface area contributed by atoms with Crippen LogP contribution in [0.2, 0.25) is 10.0 Å². The maximum atomic E-state index is 12.5. The third kappa shape index (κ3) is 5.17. The number of carbonyl (C=O) groups excluding carboxylic acids is 1. The summed E-state index contributed by atoms with van der Waals surface area (Å²) in [6, 6.07) is 7.06. The van der Waals surface area contributed by atoms with Crippen LogP contribution < -0.4 is 16.0 Å². The normalized spacial score (nSPS) is 21.3. The van der Waals surface area contributed by atoms with E-state index in [9.17, 15) is 10.1 Å². The molecule has 2 atom stereocenters. The number of carbonyl (C=O) groups is 1. The van der Waals surface area contributed by atoms with Gasteiger partial charge in [0.15, 0.2) is 5.69 Å². The van der Waals surface area contributed by atoms with E-state index in [-0.39, 0.29) is 34.1 Å². The van der Waals surface area contributed by atoms with Gasteiger partial charge in [-0.1, -0.05) is 35.3 Å². The lowest BCUT2D eigenvalue weighted by Crippen LogP contribution is -2.55. The Morgan fingerprint density at radius 2 is 2.00 bits per heavy atom. The summed E-state index contributed by atoms with van der Waals surface area (Å²) in [4.78, 5) is 23.5. The highest BCUT2D eigenvalue weighted by atomic mass is 35.5. The van der Waals surface area contributed by atoms with Crippen molar-refractivity contribution in [2.24, 2.45) is 5.41 Å². The van der Waals surface area contributed by atoms with Crippen LogP contribution in [0.5, 0.6) is 0 Å². The van der Waals surface area contributed by atoms with E-state index in [0.29, 0.717) is 41.8 Å². The van der Waals surface area contributed by atoms with Gasteiger partial charge in [0.25, 0.3) is 0 Å². The van der Waals surface area contributed by atoms with Gasteiger partial charge in [0.05, 0.1) is 34.4 Å². The van der Waals surface area contributed by atoms with Gasteiger partial charge in [-0.05, 0) is 46.6 Å². The van der Waals surface area contributed by atoms with Crippen molar-refractivity contribution in [3.63, 3.8) is 0 Å². The van der Waals surface area contributed by atoms with Crippen LogP contribution in [0.1, 0.15) is 46.2 Å².